The Morgan fingerprint density at radius 1 is 1.12 bits per heavy atom. The standard InChI is InChI=1S/C14H15BrN2/c1-2-10-16-14-5-3-4-13(17-14)11-6-8-12(15)9-7-11/h3-9H,2,10H2,1H3,(H,16,17). The lowest BCUT2D eigenvalue weighted by Gasteiger charge is -2.06. The number of nitrogens with zero attached hydrogens (tertiary/aromatic N) is 1. The summed E-state index contributed by atoms with van der Waals surface area (Å²) in [6.45, 7) is 3.10. The molecule has 0 bridgehead atoms. The number of pyridine rings is 1. The number of nitrogens with one attached hydrogen (secondary N) is 1. The average Bonchev–Trinajstić information content (AvgIpc) is 2.37. The van der Waals surface area contributed by atoms with Crippen molar-refractivity contribution in [3.63, 3.8) is 0 Å². The first kappa shape index (κ1) is 12.1. The second-order valence-corrected chi connectivity index (χ2v) is 4.76. The van der Waals surface area contributed by atoms with Gasteiger partial charge in [-0.25, -0.2) is 4.98 Å². The summed E-state index contributed by atoms with van der Waals surface area (Å²) >= 11 is 3.43. The minimum Gasteiger partial charge on any atom is -0.370 e. The highest BCUT2D eigenvalue weighted by atomic mass is 79.9. The molecule has 3 heteroatoms. The molecule has 2 rings (SSSR count). The van der Waals surface area contributed by atoms with Crippen molar-refractivity contribution in [1.29, 1.82) is 0 Å². The maximum Gasteiger partial charge on any atom is 0.126 e. The smallest absolute Gasteiger partial charge is 0.126 e. The van der Waals surface area contributed by atoms with E-state index < -0.39 is 0 Å². The van der Waals surface area contributed by atoms with Crippen molar-refractivity contribution >= 4 is 21.7 Å². The number of benzene rings is 1. The minimum atomic E-state index is 0.937. The van der Waals surface area contributed by atoms with Crippen LogP contribution in [0.15, 0.2) is 46.9 Å². The van der Waals surface area contributed by atoms with Gasteiger partial charge in [-0.3, -0.25) is 0 Å². The van der Waals surface area contributed by atoms with Crippen LogP contribution in [0.5, 0.6) is 0 Å². The Bertz CT molecular complexity index is 480. The second kappa shape index (κ2) is 5.82. The van der Waals surface area contributed by atoms with Gasteiger partial charge in [-0.15, -0.1) is 0 Å². The molecule has 0 saturated carbocycles. The molecule has 0 unspecified atom stereocenters. The zero-order valence-corrected chi connectivity index (χ0v) is 11.4. The van der Waals surface area contributed by atoms with Crippen LogP contribution in [-0.2, 0) is 0 Å². The summed E-state index contributed by atoms with van der Waals surface area (Å²) < 4.78 is 1.08. The first-order chi connectivity index (χ1) is 8.29. The highest BCUT2D eigenvalue weighted by molar-refractivity contribution is 9.10. The van der Waals surface area contributed by atoms with Crippen molar-refractivity contribution in [2.75, 3.05) is 11.9 Å². The van der Waals surface area contributed by atoms with Crippen LogP contribution < -0.4 is 5.32 Å². The van der Waals surface area contributed by atoms with Gasteiger partial charge in [0.1, 0.15) is 5.82 Å². The van der Waals surface area contributed by atoms with Crippen LogP contribution in [0.2, 0.25) is 0 Å². The molecule has 1 N–H and O–H groups in total. The molecule has 0 atom stereocenters. The Morgan fingerprint density at radius 2 is 1.88 bits per heavy atom. The molecule has 1 heterocycles. The lowest BCUT2D eigenvalue weighted by molar-refractivity contribution is 0.970. The Labute approximate surface area is 110 Å². The lowest BCUT2D eigenvalue weighted by Crippen LogP contribution is -2.01. The molecular weight excluding hydrogens is 276 g/mol. The monoisotopic (exact) mass is 290 g/mol. The third kappa shape index (κ3) is 3.30. The van der Waals surface area contributed by atoms with Crippen LogP contribution in [-0.4, -0.2) is 11.5 Å². The van der Waals surface area contributed by atoms with E-state index in [1.54, 1.807) is 0 Å². The van der Waals surface area contributed by atoms with E-state index in [0.717, 1.165) is 34.5 Å². The van der Waals surface area contributed by atoms with Crippen LogP contribution in [0.25, 0.3) is 11.3 Å². The maximum absolute atomic E-state index is 4.58. The van der Waals surface area contributed by atoms with Crippen molar-refractivity contribution < 1.29 is 0 Å². The van der Waals surface area contributed by atoms with Gasteiger partial charge < -0.3 is 5.32 Å². The summed E-state index contributed by atoms with van der Waals surface area (Å²) in [5.41, 5.74) is 2.13. The van der Waals surface area contributed by atoms with Crippen molar-refractivity contribution in [2.45, 2.75) is 13.3 Å². The highest BCUT2D eigenvalue weighted by Gasteiger charge is 2.00. The fourth-order valence-electron chi connectivity index (χ4n) is 1.57. The van der Waals surface area contributed by atoms with Gasteiger partial charge in [0, 0.05) is 16.6 Å². The molecule has 0 spiro atoms. The summed E-state index contributed by atoms with van der Waals surface area (Å²) in [7, 11) is 0. The Hall–Kier alpha value is -1.35. The van der Waals surface area contributed by atoms with Crippen LogP contribution in [0.3, 0.4) is 0 Å². The first-order valence-electron chi connectivity index (χ1n) is 5.76. The van der Waals surface area contributed by atoms with Gasteiger partial charge >= 0.3 is 0 Å². The molecule has 2 aromatic rings. The average molecular weight is 291 g/mol. The third-order valence-electron chi connectivity index (χ3n) is 2.45. The normalized spacial score (nSPS) is 10.2. The zero-order chi connectivity index (χ0) is 12.1. The molecular formula is C14H15BrN2. The van der Waals surface area contributed by atoms with Crippen molar-refractivity contribution in [1.82, 2.24) is 4.98 Å². The largest absolute Gasteiger partial charge is 0.370 e. The van der Waals surface area contributed by atoms with E-state index in [9.17, 15) is 0 Å². The van der Waals surface area contributed by atoms with E-state index in [0.29, 0.717) is 0 Å². The molecule has 0 aliphatic carbocycles. The SMILES string of the molecule is CCCNc1cccc(-c2ccc(Br)cc2)n1. The Balaban J connectivity index is 2.23. The quantitative estimate of drug-likeness (QED) is 0.906. The van der Waals surface area contributed by atoms with Gasteiger partial charge in [0.15, 0.2) is 0 Å². The molecule has 2 nitrogen and oxygen atoms in total. The van der Waals surface area contributed by atoms with E-state index in [4.69, 9.17) is 0 Å². The minimum absolute atomic E-state index is 0.937. The summed E-state index contributed by atoms with van der Waals surface area (Å²) in [5.74, 6) is 0.937. The van der Waals surface area contributed by atoms with Gasteiger partial charge in [-0.05, 0) is 30.7 Å². The Morgan fingerprint density at radius 3 is 2.59 bits per heavy atom. The van der Waals surface area contributed by atoms with Gasteiger partial charge in [-0.2, -0.15) is 0 Å². The van der Waals surface area contributed by atoms with E-state index in [2.05, 4.69) is 45.3 Å². The first-order valence-corrected chi connectivity index (χ1v) is 6.56. The predicted octanol–water partition coefficient (Wildman–Crippen LogP) is 4.33. The number of hydrogen-bond donors (Lipinski definition) is 1. The van der Waals surface area contributed by atoms with E-state index in [1.807, 2.05) is 30.3 Å². The van der Waals surface area contributed by atoms with Gasteiger partial charge in [0.05, 0.1) is 5.69 Å². The zero-order valence-electron chi connectivity index (χ0n) is 9.78. The molecule has 0 saturated heterocycles. The lowest BCUT2D eigenvalue weighted by atomic mass is 10.1. The van der Waals surface area contributed by atoms with Crippen molar-refractivity contribution in [3.8, 4) is 11.3 Å². The maximum atomic E-state index is 4.58. The van der Waals surface area contributed by atoms with E-state index >= 15 is 0 Å². The molecule has 0 fully saturated rings. The number of anilines is 1. The second-order valence-electron chi connectivity index (χ2n) is 3.84. The van der Waals surface area contributed by atoms with Crippen LogP contribution >= 0.6 is 15.9 Å². The van der Waals surface area contributed by atoms with Crippen molar-refractivity contribution in [2.24, 2.45) is 0 Å². The molecule has 0 amide bonds. The summed E-state index contributed by atoms with van der Waals surface area (Å²) in [5, 5.41) is 3.30. The number of halogens is 1. The molecule has 0 aliphatic heterocycles. The van der Waals surface area contributed by atoms with Gasteiger partial charge in [-0.1, -0.05) is 41.1 Å². The van der Waals surface area contributed by atoms with Gasteiger partial charge in [0.25, 0.3) is 0 Å². The van der Waals surface area contributed by atoms with Crippen LogP contribution in [0.1, 0.15) is 13.3 Å². The van der Waals surface area contributed by atoms with E-state index in [-0.39, 0.29) is 0 Å². The van der Waals surface area contributed by atoms with Crippen LogP contribution in [0, 0.1) is 0 Å². The van der Waals surface area contributed by atoms with Gasteiger partial charge in [0.2, 0.25) is 0 Å². The molecule has 88 valence electrons. The third-order valence-corrected chi connectivity index (χ3v) is 2.97. The summed E-state index contributed by atoms with van der Waals surface area (Å²) in [6, 6.07) is 14.2. The molecule has 0 radical (unpaired) electrons. The Kier molecular flexibility index (Phi) is 4.15. The fraction of sp³-hybridized carbons (Fsp3) is 0.214. The predicted molar refractivity (Wildman–Crippen MR) is 76.2 cm³/mol. The number of aromatic nitrogens is 1. The molecule has 1 aromatic carbocycles. The number of rotatable bonds is 4. The van der Waals surface area contributed by atoms with Crippen molar-refractivity contribution in [3.05, 3.63) is 46.9 Å². The molecule has 1 aromatic heterocycles. The number of hydrogen-bond acceptors (Lipinski definition) is 2. The molecule has 0 aliphatic rings. The highest BCUT2D eigenvalue weighted by Crippen LogP contribution is 2.21. The molecule has 17 heavy (non-hydrogen) atoms. The van der Waals surface area contributed by atoms with E-state index in [1.165, 1.54) is 0 Å². The topological polar surface area (TPSA) is 24.9 Å². The summed E-state index contributed by atoms with van der Waals surface area (Å²) in [6.07, 6.45) is 1.10. The fourth-order valence-corrected chi connectivity index (χ4v) is 1.83. The summed E-state index contributed by atoms with van der Waals surface area (Å²) in [4.78, 5) is 4.58. The van der Waals surface area contributed by atoms with Crippen LogP contribution in [0.4, 0.5) is 5.82 Å².